The van der Waals surface area contributed by atoms with Crippen molar-refractivity contribution < 1.29 is 9.53 Å². The molecule has 1 fully saturated rings. The van der Waals surface area contributed by atoms with Gasteiger partial charge in [0.25, 0.3) is 5.56 Å². The first-order valence-electron chi connectivity index (χ1n) is 12.0. The van der Waals surface area contributed by atoms with Crippen LogP contribution >= 0.6 is 11.6 Å². The minimum Gasteiger partial charge on any atom is -0.483 e. The van der Waals surface area contributed by atoms with Gasteiger partial charge >= 0.3 is 0 Å². The van der Waals surface area contributed by atoms with E-state index in [1.165, 1.54) is 0 Å². The molecule has 6 rings (SSSR count). The molecule has 0 atom stereocenters. The Hall–Kier alpha value is -3.51. The number of carbonyl (C=O) groups is 1. The van der Waals surface area contributed by atoms with Crippen molar-refractivity contribution >= 4 is 40.8 Å². The summed E-state index contributed by atoms with van der Waals surface area (Å²) in [4.78, 5) is 40.0. The maximum Gasteiger partial charge on any atom is 0.257 e. The molecule has 2 aromatic rings. The van der Waals surface area contributed by atoms with Gasteiger partial charge < -0.3 is 19.4 Å². The third kappa shape index (κ3) is 3.46. The lowest BCUT2D eigenvalue weighted by atomic mass is 9.73. The van der Waals surface area contributed by atoms with Crippen molar-refractivity contribution in [1.82, 2.24) is 26.5 Å². The fourth-order valence-electron chi connectivity index (χ4n) is 5.75. The molecule has 4 aliphatic rings. The second kappa shape index (κ2) is 8.56. The van der Waals surface area contributed by atoms with E-state index in [0.717, 1.165) is 36.3 Å². The summed E-state index contributed by atoms with van der Waals surface area (Å²) in [6.07, 6.45) is 2.78. The predicted octanol–water partition coefficient (Wildman–Crippen LogP) is 0.625. The van der Waals surface area contributed by atoms with Crippen molar-refractivity contribution in [3.05, 3.63) is 38.6 Å². The van der Waals surface area contributed by atoms with Crippen LogP contribution in [0, 0.1) is 0 Å². The van der Waals surface area contributed by atoms with Crippen LogP contribution in [0.2, 0.25) is 5.02 Å². The summed E-state index contributed by atoms with van der Waals surface area (Å²) < 4.78 is 6.02. The summed E-state index contributed by atoms with van der Waals surface area (Å²) in [6.45, 7) is 2.19. The Balaban J connectivity index is 1.28. The van der Waals surface area contributed by atoms with Crippen LogP contribution in [0.4, 0.5) is 17.5 Å². The van der Waals surface area contributed by atoms with Crippen LogP contribution in [0.3, 0.4) is 0 Å². The SMILES string of the molecule is CN1CCCc2c1nc(N1CCC3(CC1)C(=O)N(C)c1c(OCC4=NNNN4)ccc(Cl)c13)[nH]c2=O. The van der Waals surface area contributed by atoms with E-state index in [1.807, 2.05) is 11.9 Å². The van der Waals surface area contributed by atoms with Gasteiger partial charge in [0.2, 0.25) is 11.9 Å². The van der Waals surface area contributed by atoms with Gasteiger partial charge in [-0.25, -0.2) is 5.53 Å². The van der Waals surface area contributed by atoms with E-state index in [0.29, 0.717) is 54.2 Å². The summed E-state index contributed by atoms with van der Waals surface area (Å²) in [7, 11) is 3.73. The molecule has 4 N–H and O–H groups in total. The highest BCUT2D eigenvalue weighted by molar-refractivity contribution is 6.33. The molecule has 0 unspecified atom stereocenters. The van der Waals surface area contributed by atoms with Gasteiger partial charge in [-0.3, -0.25) is 20.0 Å². The van der Waals surface area contributed by atoms with Crippen molar-refractivity contribution in [2.24, 2.45) is 5.10 Å². The number of fused-ring (bicyclic) bond motifs is 3. The molecular formula is C23H28ClN9O3. The summed E-state index contributed by atoms with van der Waals surface area (Å²) in [5.74, 6) is 2.47. The predicted molar refractivity (Wildman–Crippen MR) is 137 cm³/mol. The van der Waals surface area contributed by atoms with Crippen LogP contribution < -0.4 is 41.5 Å². The number of halogens is 1. The number of nitrogens with one attached hydrogen (secondary N) is 4. The number of hydrazone groups is 1. The number of anilines is 3. The monoisotopic (exact) mass is 513 g/mol. The number of aromatic nitrogens is 2. The van der Waals surface area contributed by atoms with Crippen LogP contribution in [0.5, 0.6) is 5.75 Å². The molecule has 1 aromatic carbocycles. The number of piperidine rings is 1. The lowest BCUT2D eigenvalue weighted by Crippen LogP contribution is -2.49. The van der Waals surface area contributed by atoms with Gasteiger partial charge in [-0.1, -0.05) is 11.6 Å². The van der Waals surface area contributed by atoms with Crippen molar-refractivity contribution in [3.8, 4) is 5.75 Å². The number of rotatable bonds is 4. The number of amidine groups is 1. The number of hydrogen-bond acceptors (Lipinski definition) is 10. The van der Waals surface area contributed by atoms with Crippen molar-refractivity contribution in [1.29, 1.82) is 0 Å². The highest BCUT2D eigenvalue weighted by Gasteiger charge is 2.53. The molecule has 36 heavy (non-hydrogen) atoms. The molecular weight excluding hydrogens is 486 g/mol. The van der Waals surface area contributed by atoms with E-state index in [9.17, 15) is 9.59 Å². The number of amides is 1. The van der Waals surface area contributed by atoms with E-state index >= 15 is 0 Å². The smallest absolute Gasteiger partial charge is 0.257 e. The molecule has 1 spiro atoms. The number of nitrogens with zero attached hydrogens (tertiary/aromatic N) is 5. The summed E-state index contributed by atoms with van der Waals surface area (Å²) >= 11 is 6.72. The Morgan fingerprint density at radius 2 is 1.97 bits per heavy atom. The molecule has 4 aliphatic heterocycles. The zero-order valence-electron chi connectivity index (χ0n) is 20.2. The fourth-order valence-corrected chi connectivity index (χ4v) is 6.08. The number of likely N-dealkylation sites (N-methyl/N-ethyl adjacent to an activating group) is 1. The third-order valence-corrected chi connectivity index (χ3v) is 7.93. The quantitative estimate of drug-likeness (QED) is 0.465. The van der Waals surface area contributed by atoms with Crippen molar-refractivity contribution in [3.63, 3.8) is 0 Å². The zero-order valence-corrected chi connectivity index (χ0v) is 20.9. The zero-order chi connectivity index (χ0) is 25.0. The molecule has 0 radical (unpaired) electrons. The van der Waals surface area contributed by atoms with Crippen LogP contribution in [0.15, 0.2) is 22.0 Å². The second-order valence-corrected chi connectivity index (χ2v) is 10.0. The Morgan fingerprint density at radius 1 is 1.17 bits per heavy atom. The lowest BCUT2D eigenvalue weighted by molar-refractivity contribution is -0.123. The first kappa shape index (κ1) is 22.9. The molecule has 0 bridgehead atoms. The standard InChI is InChI=1S/C23H28ClN9O3/c1-31-9-3-4-13-19(31)25-22(26-20(13)34)33-10-7-23(8-11-33)17-14(24)5-6-15(18(17)32(2)21(23)35)36-12-16-27-29-30-28-16/h5-6,29-30H,3-4,7-12H2,1-2H3,(H,27,28)(H,25,26,34). The normalized spacial score (nSPS) is 20.1. The van der Waals surface area contributed by atoms with E-state index < -0.39 is 5.41 Å². The molecule has 1 aromatic heterocycles. The Kier molecular flexibility index (Phi) is 5.45. The van der Waals surface area contributed by atoms with E-state index in [4.69, 9.17) is 21.3 Å². The number of aromatic amines is 1. The fraction of sp³-hybridized carbons (Fsp3) is 0.478. The maximum atomic E-state index is 13.7. The molecule has 1 amide bonds. The number of hydrazine groups is 2. The van der Waals surface area contributed by atoms with Crippen LogP contribution in [0.25, 0.3) is 0 Å². The Bertz CT molecular complexity index is 1320. The minimum atomic E-state index is -0.755. The van der Waals surface area contributed by atoms with Crippen LogP contribution in [-0.4, -0.2) is 62.0 Å². The van der Waals surface area contributed by atoms with E-state index in [-0.39, 0.29) is 18.1 Å². The van der Waals surface area contributed by atoms with Gasteiger partial charge in [-0.05, 0) is 37.8 Å². The highest BCUT2D eigenvalue weighted by atomic mass is 35.5. The van der Waals surface area contributed by atoms with E-state index in [1.54, 1.807) is 24.1 Å². The first-order chi connectivity index (χ1) is 17.4. The number of hydrogen-bond donors (Lipinski definition) is 4. The average molecular weight is 514 g/mol. The lowest BCUT2D eigenvalue weighted by Gasteiger charge is -2.39. The number of H-pyrrole nitrogens is 1. The molecule has 12 nitrogen and oxygen atoms in total. The number of benzene rings is 1. The Labute approximate surface area is 212 Å². The molecule has 13 heteroatoms. The molecule has 0 saturated carbocycles. The van der Waals surface area contributed by atoms with Crippen molar-refractivity contribution in [2.45, 2.75) is 31.1 Å². The van der Waals surface area contributed by atoms with Crippen LogP contribution in [0.1, 0.15) is 30.4 Å². The van der Waals surface area contributed by atoms with E-state index in [2.05, 4.69) is 31.5 Å². The van der Waals surface area contributed by atoms with Gasteiger partial charge in [0.15, 0.2) is 5.84 Å². The summed E-state index contributed by atoms with van der Waals surface area (Å²) in [6, 6.07) is 3.57. The largest absolute Gasteiger partial charge is 0.483 e. The summed E-state index contributed by atoms with van der Waals surface area (Å²) in [5.41, 5.74) is 9.52. The third-order valence-electron chi connectivity index (χ3n) is 7.62. The Morgan fingerprint density at radius 3 is 2.72 bits per heavy atom. The van der Waals surface area contributed by atoms with Gasteiger partial charge in [-0.2, -0.15) is 4.98 Å². The molecule has 190 valence electrons. The van der Waals surface area contributed by atoms with Gasteiger partial charge in [0.05, 0.1) is 16.7 Å². The average Bonchev–Trinajstić information content (AvgIpc) is 3.47. The molecule has 1 saturated heterocycles. The maximum absolute atomic E-state index is 13.7. The summed E-state index contributed by atoms with van der Waals surface area (Å²) in [5, 5.41) is 4.57. The minimum absolute atomic E-state index is 0.00129. The van der Waals surface area contributed by atoms with Gasteiger partial charge in [0.1, 0.15) is 18.2 Å². The van der Waals surface area contributed by atoms with Gasteiger partial charge in [-0.15, -0.1) is 10.6 Å². The number of carbonyl (C=O) groups excluding carboxylic acids is 1. The topological polar surface area (TPSA) is 130 Å². The molecule has 0 aliphatic carbocycles. The van der Waals surface area contributed by atoms with Gasteiger partial charge in [0, 0.05) is 44.3 Å². The van der Waals surface area contributed by atoms with Crippen molar-refractivity contribution in [2.75, 3.05) is 55.0 Å². The molecule has 5 heterocycles. The second-order valence-electron chi connectivity index (χ2n) is 9.63. The number of ether oxygens (including phenoxy) is 1. The highest BCUT2D eigenvalue weighted by Crippen LogP contribution is 2.54. The first-order valence-corrected chi connectivity index (χ1v) is 12.4. The van der Waals surface area contributed by atoms with Crippen LogP contribution in [-0.2, 0) is 16.6 Å².